The van der Waals surface area contributed by atoms with Crippen molar-refractivity contribution in [2.75, 3.05) is 18.0 Å². The van der Waals surface area contributed by atoms with Crippen LogP contribution in [-0.4, -0.2) is 28.3 Å². The summed E-state index contributed by atoms with van der Waals surface area (Å²) in [5.41, 5.74) is 2.18. The Morgan fingerprint density at radius 2 is 1.96 bits per heavy atom. The van der Waals surface area contributed by atoms with Crippen LogP contribution in [-0.2, 0) is 6.42 Å². The molecule has 0 saturated carbocycles. The molecule has 1 saturated heterocycles. The standard InChI is InChI=1S/C20H22N4/c1-15-6-5-11-24(14-15)20-18-9-3-2-8-17(18)19(22-23-20)12-16-7-4-10-21-13-16/h2-4,7-10,13,15H,5-6,11-12,14H2,1H3. The van der Waals surface area contributed by atoms with E-state index in [9.17, 15) is 0 Å². The molecule has 0 bridgehead atoms. The molecule has 4 rings (SSSR count). The van der Waals surface area contributed by atoms with Crippen LogP contribution >= 0.6 is 0 Å². The Labute approximate surface area is 142 Å². The van der Waals surface area contributed by atoms with Gasteiger partial charge in [-0.2, -0.15) is 5.10 Å². The Hall–Kier alpha value is -2.49. The number of rotatable bonds is 3. The largest absolute Gasteiger partial charge is 0.354 e. The minimum Gasteiger partial charge on any atom is -0.354 e. The minimum atomic E-state index is 0.717. The molecule has 3 aromatic rings. The van der Waals surface area contributed by atoms with E-state index in [0.717, 1.165) is 42.5 Å². The summed E-state index contributed by atoms with van der Waals surface area (Å²) in [5.74, 6) is 1.75. The summed E-state index contributed by atoms with van der Waals surface area (Å²) < 4.78 is 0. The third-order valence-corrected chi connectivity index (χ3v) is 4.80. The number of aromatic nitrogens is 3. The van der Waals surface area contributed by atoms with Crippen LogP contribution in [0.15, 0.2) is 48.8 Å². The van der Waals surface area contributed by atoms with Crippen molar-refractivity contribution in [1.29, 1.82) is 0 Å². The first-order valence-corrected chi connectivity index (χ1v) is 8.69. The molecule has 0 spiro atoms. The van der Waals surface area contributed by atoms with Crippen LogP contribution in [0.5, 0.6) is 0 Å². The fourth-order valence-corrected chi connectivity index (χ4v) is 3.59. The average molecular weight is 318 g/mol. The predicted molar refractivity (Wildman–Crippen MR) is 97.2 cm³/mol. The highest BCUT2D eigenvalue weighted by molar-refractivity contribution is 5.93. The van der Waals surface area contributed by atoms with Gasteiger partial charge >= 0.3 is 0 Å². The summed E-state index contributed by atoms with van der Waals surface area (Å²) in [5, 5.41) is 11.6. The first kappa shape index (κ1) is 15.1. The molecule has 2 aromatic heterocycles. The van der Waals surface area contributed by atoms with Crippen molar-refractivity contribution in [1.82, 2.24) is 15.2 Å². The summed E-state index contributed by atoms with van der Waals surface area (Å²) in [6, 6.07) is 12.6. The fraction of sp³-hybridized carbons (Fsp3) is 0.350. The molecule has 1 aliphatic heterocycles. The lowest BCUT2D eigenvalue weighted by atomic mass is 9.99. The van der Waals surface area contributed by atoms with E-state index in [2.05, 4.69) is 57.3 Å². The van der Waals surface area contributed by atoms with E-state index in [1.807, 2.05) is 12.3 Å². The van der Waals surface area contributed by atoms with Crippen molar-refractivity contribution < 1.29 is 0 Å². The Balaban J connectivity index is 1.74. The van der Waals surface area contributed by atoms with Gasteiger partial charge in [-0.3, -0.25) is 4.98 Å². The average Bonchev–Trinajstić information content (AvgIpc) is 2.63. The Morgan fingerprint density at radius 1 is 1.08 bits per heavy atom. The molecule has 0 radical (unpaired) electrons. The molecular formula is C20H22N4. The number of hydrogen-bond acceptors (Lipinski definition) is 4. The number of piperidine rings is 1. The maximum absolute atomic E-state index is 4.62. The molecule has 3 heterocycles. The van der Waals surface area contributed by atoms with E-state index in [-0.39, 0.29) is 0 Å². The topological polar surface area (TPSA) is 41.9 Å². The smallest absolute Gasteiger partial charge is 0.159 e. The van der Waals surface area contributed by atoms with E-state index < -0.39 is 0 Å². The third-order valence-electron chi connectivity index (χ3n) is 4.80. The van der Waals surface area contributed by atoms with E-state index in [1.54, 1.807) is 6.20 Å². The predicted octanol–water partition coefficient (Wildman–Crippen LogP) is 3.85. The fourth-order valence-electron chi connectivity index (χ4n) is 3.59. The van der Waals surface area contributed by atoms with Crippen molar-refractivity contribution >= 4 is 16.6 Å². The van der Waals surface area contributed by atoms with Gasteiger partial charge in [-0.15, -0.1) is 5.10 Å². The molecular weight excluding hydrogens is 296 g/mol. The molecule has 122 valence electrons. The monoisotopic (exact) mass is 318 g/mol. The Kier molecular flexibility index (Phi) is 4.11. The lowest BCUT2D eigenvalue weighted by Gasteiger charge is -2.32. The van der Waals surface area contributed by atoms with Crippen LogP contribution in [0.2, 0.25) is 0 Å². The molecule has 1 aromatic carbocycles. The van der Waals surface area contributed by atoms with Crippen LogP contribution in [0, 0.1) is 5.92 Å². The zero-order chi connectivity index (χ0) is 16.4. The summed E-state index contributed by atoms with van der Waals surface area (Å²) in [7, 11) is 0. The summed E-state index contributed by atoms with van der Waals surface area (Å²) in [6.07, 6.45) is 7.00. The van der Waals surface area contributed by atoms with Crippen molar-refractivity contribution in [2.24, 2.45) is 5.92 Å². The molecule has 4 nitrogen and oxygen atoms in total. The van der Waals surface area contributed by atoms with E-state index in [4.69, 9.17) is 0 Å². The third kappa shape index (κ3) is 2.96. The first-order chi connectivity index (χ1) is 11.8. The SMILES string of the molecule is CC1CCCN(c2nnc(Cc3cccnc3)c3ccccc23)C1. The number of pyridine rings is 1. The van der Waals surface area contributed by atoms with Crippen LogP contribution in [0.4, 0.5) is 5.82 Å². The maximum Gasteiger partial charge on any atom is 0.159 e. The zero-order valence-corrected chi connectivity index (χ0v) is 14.0. The number of anilines is 1. The molecule has 0 amide bonds. The Morgan fingerprint density at radius 3 is 2.75 bits per heavy atom. The lowest BCUT2D eigenvalue weighted by Crippen LogP contribution is -2.35. The zero-order valence-electron chi connectivity index (χ0n) is 14.0. The van der Waals surface area contributed by atoms with Gasteiger partial charge in [0.2, 0.25) is 0 Å². The molecule has 1 unspecified atom stereocenters. The summed E-state index contributed by atoms with van der Waals surface area (Å²) in [4.78, 5) is 6.60. The number of hydrogen-bond donors (Lipinski definition) is 0. The second kappa shape index (κ2) is 6.56. The Bertz CT molecular complexity index is 831. The van der Waals surface area contributed by atoms with Gasteiger partial charge in [0.15, 0.2) is 5.82 Å². The van der Waals surface area contributed by atoms with Gasteiger partial charge in [0.25, 0.3) is 0 Å². The van der Waals surface area contributed by atoms with Gasteiger partial charge in [0, 0.05) is 42.7 Å². The molecule has 1 aliphatic rings. The van der Waals surface area contributed by atoms with E-state index >= 15 is 0 Å². The van der Waals surface area contributed by atoms with Crippen LogP contribution in [0.25, 0.3) is 10.8 Å². The molecule has 0 aliphatic carbocycles. The summed E-state index contributed by atoms with van der Waals surface area (Å²) >= 11 is 0. The normalized spacial score (nSPS) is 18.0. The second-order valence-electron chi connectivity index (χ2n) is 6.75. The van der Waals surface area contributed by atoms with Gasteiger partial charge < -0.3 is 4.90 Å². The van der Waals surface area contributed by atoms with Crippen molar-refractivity contribution in [3.63, 3.8) is 0 Å². The maximum atomic E-state index is 4.62. The van der Waals surface area contributed by atoms with E-state index in [0.29, 0.717) is 0 Å². The molecule has 1 fully saturated rings. The first-order valence-electron chi connectivity index (χ1n) is 8.69. The number of nitrogens with zero attached hydrogens (tertiary/aromatic N) is 4. The highest BCUT2D eigenvalue weighted by Crippen LogP contribution is 2.29. The van der Waals surface area contributed by atoms with Gasteiger partial charge in [0.1, 0.15) is 0 Å². The van der Waals surface area contributed by atoms with Crippen molar-refractivity contribution in [3.05, 3.63) is 60.0 Å². The van der Waals surface area contributed by atoms with Crippen molar-refractivity contribution in [2.45, 2.75) is 26.2 Å². The number of benzene rings is 1. The van der Waals surface area contributed by atoms with Gasteiger partial charge in [-0.25, -0.2) is 0 Å². The number of fused-ring (bicyclic) bond motifs is 1. The second-order valence-corrected chi connectivity index (χ2v) is 6.75. The van der Waals surface area contributed by atoms with Gasteiger partial charge in [-0.1, -0.05) is 37.3 Å². The molecule has 0 N–H and O–H groups in total. The lowest BCUT2D eigenvalue weighted by molar-refractivity contribution is 0.444. The van der Waals surface area contributed by atoms with Gasteiger partial charge in [0.05, 0.1) is 5.69 Å². The van der Waals surface area contributed by atoms with Crippen LogP contribution in [0.1, 0.15) is 31.0 Å². The molecule has 1 atom stereocenters. The highest BCUT2D eigenvalue weighted by Gasteiger charge is 2.20. The minimum absolute atomic E-state index is 0.717. The van der Waals surface area contributed by atoms with Crippen molar-refractivity contribution in [3.8, 4) is 0 Å². The quantitative estimate of drug-likeness (QED) is 0.735. The summed E-state index contributed by atoms with van der Waals surface area (Å²) in [6.45, 7) is 4.46. The van der Waals surface area contributed by atoms with Gasteiger partial charge in [-0.05, 0) is 30.4 Å². The van der Waals surface area contributed by atoms with Crippen LogP contribution in [0.3, 0.4) is 0 Å². The van der Waals surface area contributed by atoms with E-state index in [1.165, 1.54) is 23.6 Å². The highest BCUT2D eigenvalue weighted by atomic mass is 15.3. The molecule has 4 heteroatoms. The van der Waals surface area contributed by atoms with Crippen LogP contribution < -0.4 is 4.90 Å². The molecule has 24 heavy (non-hydrogen) atoms.